The molecule has 0 unspecified atom stereocenters. The molecule has 0 rings (SSSR count). The number of aliphatic hydroxyl groups is 4. The van der Waals surface area contributed by atoms with E-state index in [1.165, 1.54) is 0 Å². The van der Waals surface area contributed by atoms with E-state index in [0.717, 1.165) is 12.6 Å². The quantitative estimate of drug-likeness (QED) is 0.326. The van der Waals surface area contributed by atoms with Gasteiger partial charge < -0.3 is 20.4 Å². The van der Waals surface area contributed by atoms with Crippen molar-refractivity contribution < 1.29 is 34.8 Å². The lowest BCUT2D eigenvalue weighted by molar-refractivity contribution is -0.135. The van der Waals surface area contributed by atoms with Crippen molar-refractivity contribution in [3.63, 3.8) is 0 Å². The number of carbonyl (C=O) groups is 1. The van der Waals surface area contributed by atoms with Crippen LogP contribution >= 0.6 is 0 Å². The first-order valence-corrected chi connectivity index (χ1v) is 3.47. The first kappa shape index (κ1) is 12.8. The molecule has 78 valence electrons. The smallest absolute Gasteiger partial charge is 0.275 e. The summed E-state index contributed by atoms with van der Waals surface area (Å²) in [5.74, 6) is -1.49. The fourth-order valence-corrected chi connectivity index (χ4v) is 0.659. The predicted molar refractivity (Wildman–Crippen MR) is 40.4 cm³/mol. The molecular weight excluding hydrogens is 196 g/mol. The van der Waals surface area contributed by atoms with Gasteiger partial charge in [0, 0.05) is 0 Å². The minimum absolute atomic E-state index is 0.767. The molecule has 0 amide bonds. The van der Waals surface area contributed by atoms with Gasteiger partial charge in [0.15, 0.2) is 0 Å². The lowest BCUT2D eigenvalue weighted by Crippen LogP contribution is -2.48. The van der Waals surface area contributed by atoms with Crippen molar-refractivity contribution in [1.29, 1.82) is 0 Å². The summed E-state index contributed by atoms with van der Waals surface area (Å²) >= 11 is 0. The minimum Gasteiger partial charge on any atom is -0.387 e. The maximum absolute atomic E-state index is 10.4. The Kier molecular flexibility index (Phi) is 5.10. The fourth-order valence-electron chi connectivity index (χ4n) is 0.659. The van der Waals surface area contributed by atoms with E-state index in [1.807, 2.05) is 0 Å². The number of aliphatic hydroxyl groups excluding tert-OH is 4. The van der Waals surface area contributed by atoms with Gasteiger partial charge in [-0.05, 0) is 0 Å². The maximum atomic E-state index is 10.4. The van der Waals surface area contributed by atoms with Gasteiger partial charge in [0.2, 0.25) is 12.1 Å². The number of hydrogen-bond donors (Lipinski definition) is 4. The average Bonchev–Trinajstić information content (AvgIpc) is 2.23. The number of ketones is 1. The third-order valence-corrected chi connectivity index (χ3v) is 1.49. The normalized spacial score (nSPS) is 19.1. The van der Waals surface area contributed by atoms with Crippen LogP contribution in [0.15, 0.2) is 0 Å². The van der Waals surface area contributed by atoms with Gasteiger partial charge in [0.1, 0.15) is 24.4 Å². The Morgan fingerprint density at radius 1 is 1.00 bits per heavy atom. The largest absolute Gasteiger partial charge is 0.387 e. The van der Waals surface area contributed by atoms with Gasteiger partial charge in [-0.15, -0.1) is 0 Å². The van der Waals surface area contributed by atoms with Crippen molar-refractivity contribution >= 4 is 18.4 Å². The molecule has 0 aliphatic carbocycles. The Morgan fingerprint density at radius 3 is 1.86 bits per heavy atom. The second-order valence-electron chi connectivity index (χ2n) is 2.46. The highest BCUT2D eigenvalue weighted by Gasteiger charge is 2.34. The molecule has 0 aromatic carbocycles. The Labute approximate surface area is 78.6 Å². The summed E-state index contributed by atoms with van der Waals surface area (Å²) in [5.41, 5.74) is 0. The summed E-state index contributed by atoms with van der Waals surface area (Å²) in [4.78, 5) is 30.0. The van der Waals surface area contributed by atoms with Crippen LogP contribution in [0.4, 0.5) is 0 Å². The molecule has 0 spiro atoms. The zero-order valence-corrected chi connectivity index (χ0v) is 6.82. The van der Waals surface area contributed by atoms with Gasteiger partial charge in [-0.2, -0.15) is 0 Å². The van der Waals surface area contributed by atoms with Crippen molar-refractivity contribution in [3.05, 3.63) is 0 Å². The summed E-state index contributed by atoms with van der Waals surface area (Å²) in [6.45, 7) is 0. The molecule has 0 aliphatic rings. The molecule has 7 nitrogen and oxygen atoms in total. The maximum Gasteiger partial charge on any atom is 0.275 e. The van der Waals surface area contributed by atoms with Crippen molar-refractivity contribution in [2.75, 3.05) is 0 Å². The third kappa shape index (κ3) is 2.96. The Morgan fingerprint density at radius 2 is 1.50 bits per heavy atom. The summed E-state index contributed by atoms with van der Waals surface area (Å²) in [6.07, 6.45) is -6.85. The van der Waals surface area contributed by atoms with E-state index < -0.39 is 30.2 Å². The average molecular weight is 204 g/mol. The van der Waals surface area contributed by atoms with Gasteiger partial charge in [-0.1, -0.05) is 0 Å². The Bertz CT molecular complexity index is 226. The van der Waals surface area contributed by atoms with Crippen LogP contribution in [-0.2, 0) is 14.4 Å². The summed E-state index contributed by atoms with van der Waals surface area (Å²) in [5, 5.41) is 35.3. The topological polar surface area (TPSA) is 132 Å². The lowest BCUT2D eigenvalue weighted by Gasteiger charge is -2.21. The van der Waals surface area contributed by atoms with Crippen LogP contribution in [0, 0.1) is 0 Å². The van der Waals surface area contributed by atoms with Crippen LogP contribution in [0.5, 0.6) is 0 Å². The van der Waals surface area contributed by atoms with Crippen LogP contribution in [0.2, 0.25) is 0 Å². The monoisotopic (exact) mass is 204 g/mol. The van der Waals surface area contributed by atoms with Crippen molar-refractivity contribution in [2.45, 2.75) is 24.4 Å². The zero-order chi connectivity index (χ0) is 11.3. The molecule has 14 heavy (non-hydrogen) atoms. The Balaban J connectivity index is 4.44. The molecule has 0 heterocycles. The lowest BCUT2D eigenvalue weighted by atomic mass is 10.0. The van der Waals surface area contributed by atoms with Crippen LogP contribution in [0.25, 0.3) is 0 Å². The molecule has 0 fully saturated rings. The van der Waals surface area contributed by atoms with E-state index in [0.29, 0.717) is 0 Å². The van der Waals surface area contributed by atoms with Crippen molar-refractivity contribution in [1.82, 2.24) is 0 Å². The van der Waals surface area contributed by atoms with Crippen LogP contribution in [-0.4, -0.2) is 63.2 Å². The first-order chi connectivity index (χ1) is 6.45. The van der Waals surface area contributed by atoms with Crippen molar-refractivity contribution in [2.24, 2.45) is 0 Å². The van der Waals surface area contributed by atoms with Gasteiger partial charge in [-0.3, -0.25) is 14.4 Å². The number of rotatable bonds is 6. The van der Waals surface area contributed by atoms with Gasteiger partial charge >= 0.3 is 0 Å². The molecule has 4 N–H and O–H groups in total. The van der Waals surface area contributed by atoms with E-state index in [2.05, 4.69) is 0 Å². The van der Waals surface area contributed by atoms with Crippen molar-refractivity contribution in [3.8, 4) is 0 Å². The number of Topliss-reactive ketones (excluding diaryl/α,β-unsaturated/α-hetero) is 1. The molecule has 0 bridgehead atoms. The third-order valence-electron chi connectivity index (χ3n) is 1.49. The van der Waals surface area contributed by atoms with Crippen LogP contribution < -0.4 is 0 Å². The zero-order valence-electron chi connectivity index (χ0n) is 6.82. The molecule has 2 radical (unpaired) electrons. The molecule has 4 atom stereocenters. The van der Waals surface area contributed by atoms with Gasteiger partial charge in [0.25, 0.3) is 6.29 Å². The minimum atomic E-state index is -2.23. The van der Waals surface area contributed by atoms with E-state index in [-0.39, 0.29) is 0 Å². The molecule has 7 heteroatoms. The SMILES string of the molecule is O=[C]C(=O)[C@H](O)[C@@H](O)[C@H](O)[C@H](O)[C]=O. The number of hydrogen-bond acceptors (Lipinski definition) is 7. The second-order valence-corrected chi connectivity index (χ2v) is 2.46. The molecule has 0 aromatic rings. The highest BCUT2D eigenvalue weighted by atomic mass is 16.4. The van der Waals surface area contributed by atoms with Crippen LogP contribution in [0.3, 0.4) is 0 Å². The molecule has 0 aliphatic heterocycles. The highest BCUT2D eigenvalue weighted by molar-refractivity contribution is 6.27. The second kappa shape index (κ2) is 5.55. The van der Waals surface area contributed by atoms with Crippen LogP contribution in [0.1, 0.15) is 0 Å². The summed E-state index contributed by atoms with van der Waals surface area (Å²) in [6, 6.07) is 0. The fraction of sp³-hybridized carbons (Fsp3) is 0.571. The Hall–Kier alpha value is -1.15. The predicted octanol–water partition coefficient (Wildman–Crippen LogP) is -3.78. The van der Waals surface area contributed by atoms with Gasteiger partial charge in [0.05, 0.1) is 0 Å². The standard InChI is InChI=1S/C7H8O7/c8-1-3(10)5(12)7(14)6(13)4(11)2-9/h3,5-7,10,12-14H/t3-,5-,6+,7+/m1/s1. The summed E-state index contributed by atoms with van der Waals surface area (Å²) in [7, 11) is 0. The molecule has 0 saturated heterocycles. The van der Waals surface area contributed by atoms with E-state index in [1.54, 1.807) is 0 Å². The van der Waals surface area contributed by atoms with E-state index >= 15 is 0 Å². The van der Waals surface area contributed by atoms with E-state index in [9.17, 15) is 14.4 Å². The van der Waals surface area contributed by atoms with E-state index in [4.69, 9.17) is 20.4 Å². The molecular formula is C7H8O7. The van der Waals surface area contributed by atoms with Gasteiger partial charge in [-0.25, -0.2) is 0 Å². The molecule has 0 saturated carbocycles. The molecule has 0 aromatic heterocycles. The number of carbonyl (C=O) groups excluding carboxylic acids is 3. The summed E-state index contributed by atoms with van der Waals surface area (Å²) < 4.78 is 0. The highest BCUT2D eigenvalue weighted by Crippen LogP contribution is 2.04. The first-order valence-electron chi connectivity index (χ1n) is 3.47.